The average Bonchev–Trinajstić information content (AvgIpc) is 3.20. The molecule has 0 saturated heterocycles. The largest absolute Gasteiger partial charge is 0.464 e. The number of ether oxygens (including phenoxy) is 2. The van der Waals surface area contributed by atoms with Crippen molar-refractivity contribution in [3.8, 4) is 0 Å². The van der Waals surface area contributed by atoms with Gasteiger partial charge in [-0.3, -0.25) is 23.7 Å². The summed E-state index contributed by atoms with van der Waals surface area (Å²) >= 11 is 0. The zero-order chi connectivity index (χ0) is 39.5. The normalized spacial score (nSPS) is 14.2. The second-order valence-electron chi connectivity index (χ2n) is 13.0. The van der Waals surface area contributed by atoms with Crippen molar-refractivity contribution < 1.29 is 42.6 Å². The fourth-order valence-electron chi connectivity index (χ4n) is 5.53. The van der Waals surface area contributed by atoms with E-state index in [1.807, 2.05) is 25.1 Å². The number of aryl methyl sites for hydroxylation is 1. The van der Waals surface area contributed by atoms with Crippen LogP contribution in [0.1, 0.15) is 48.9 Å². The number of nitrogens with zero attached hydrogens (tertiary/aromatic N) is 1. The molecule has 55 heavy (non-hydrogen) atoms. The van der Waals surface area contributed by atoms with E-state index in [0.717, 1.165) is 11.1 Å². The predicted molar refractivity (Wildman–Crippen MR) is 206 cm³/mol. The zero-order valence-electron chi connectivity index (χ0n) is 31.0. The molecule has 3 amide bonds. The molecule has 4 aromatic rings. The van der Waals surface area contributed by atoms with E-state index < -0.39 is 61.9 Å². The minimum atomic E-state index is -4.85. The number of hydrogen-bond acceptors (Lipinski definition) is 9. The van der Waals surface area contributed by atoms with E-state index in [0.29, 0.717) is 30.4 Å². The van der Waals surface area contributed by atoms with Gasteiger partial charge in [-0.1, -0.05) is 111 Å². The molecule has 3 aromatic carbocycles. The first-order chi connectivity index (χ1) is 26.5. The highest BCUT2D eigenvalue weighted by molar-refractivity contribution is 7.53. The van der Waals surface area contributed by atoms with Crippen LogP contribution in [0.2, 0.25) is 0 Å². The molecule has 0 saturated carbocycles. The monoisotopic (exact) mass is 772 g/mol. The van der Waals surface area contributed by atoms with E-state index in [-0.39, 0.29) is 26.1 Å². The van der Waals surface area contributed by atoms with Crippen LogP contribution in [0.15, 0.2) is 116 Å². The average molecular weight is 773 g/mol. The summed E-state index contributed by atoms with van der Waals surface area (Å²) in [7, 11) is -4.85. The molecule has 4 N–H and O–H groups in total. The number of amides is 3. The fourth-order valence-corrected chi connectivity index (χ4v) is 6.94. The van der Waals surface area contributed by atoms with Gasteiger partial charge in [-0.15, -0.1) is 0 Å². The Balaban J connectivity index is 1.46. The summed E-state index contributed by atoms with van der Waals surface area (Å²) in [6.07, 6.45) is 2.47. The van der Waals surface area contributed by atoms with Crippen LogP contribution < -0.4 is 16.0 Å². The van der Waals surface area contributed by atoms with Gasteiger partial charge in [-0.05, 0) is 53.1 Å². The Hall–Kier alpha value is -5.36. The van der Waals surface area contributed by atoms with E-state index in [4.69, 9.17) is 14.0 Å². The van der Waals surface area contributed by atoms with Crippen molar-refractivity contribution in [3.63, 3.8) is 0 Å². The molecule has 1 heterocycles. The molecular formula is C41H49N4O9P. The molecule has 0 aliphatic rings. The Morgan fingerprint density at radius 2 is 1.35 bits per heavy atom. The topological polar surface area (TPSA) is 182 Å². The van der Waals surface area contributed by atoms with Crippen LogP contribution in [0.4, 0.5) is 4.79 Å². The predicted octanol–water partition coefficient (Wildman–Crippen LogP) is 5.51. The number of nitrogens with one attached hydrogen (secondary N) is 3. The van der Waals surface area contributed by atoms with Gasteiger partial charge in [0.25, 0.3) is 0 Å². The molecule has 5 atom stereocenters. The molecule has 0 spiro atoms. The standard InChI is InChI=1S/C41H49N4O9P/c1-3-30(2)38(44-36(46)28-43-41(49)53-29-34-18-11-6-12-19-34)39(47)45-37(27-33-16-9-5-10-17-33)55(50,51)54-35(26-32-14-7-4-8-15-32)40(48)52-25-13-20-31-21-23-42-24-22-31/h4-12,14-19,21-24,30,35,37-38H,3,13,20,25-29H2,1-2H3,(H,43,49)(H,44,46)(H,45,47)(H,50,51)/t30-,35-,37+,38-/m0/s1. The fraction of sp³-hybridized carbons (Fsp3) is 0.341. The molecule has 1 unspecified atom stereocenters. The number of aromatic nitrogens is 1. The molecule has 0 bridgehead atoms. The van der Waals surface area contributed by atoms with Gasteiger partial charge in [-0.2, -0.15) is 0 Å². The third-order valence-electron chi connectivity index (χ3n) is 8.80. The van der Waals surface area contributed by atoms with E-state index in [9.17, 15) is 28.6 Å². The van der Waals surface area contributed by atoms with Crippen molar-refractivity contribution in [2.45, 2.75) is 70.5 Å². The number of pyridine rings is 1. The first-order valence-electron chi connectivity index (χ1n) is 18.2. The Labute approximate surface area is 321 Å². The minimum Gasteiger partial charge on any atom is -0.464 e. The lowest BCUT2D eigenvalue weighted by molar-refractivity contribution is -0.152. The summed E-state index contributed by atoms with van der Waals surface area (Å²) in [5.74, 6) is -4.17. The number of esters is 1. The van der Waals surface area contributed by atoms with Crippen molar-refractivity contribution in [1.82, 2.24) is 20.9 Å². The van der Waals surface area contributed by atoms with Crippen molar-refractivity contribution in [2.75, 3.05) is 13.2 Å². The van der Waals surface area contributed by atoms with Crippen LogP contribution in [0.5, 0.6) is 0 Å². The van der Waals surface area contributed by atoms with Crippen LogP contribution in [0.25, 0.3) is 0 Å². The molecular weight excluding hydrogens is 723 g/mol. The number of alkyl carbamates (subject to hydrolysis) is 1. The van der Waals surface area contributed by atoms with Crippen molar-refractivity contribution >= 4 is 31.5 Å². The number of rotatable bonds is 21. The Morgan fingerprint density at radius 3 is 1.95 bits per heavy atom. The van der Waals surface area contributed by atoms with Crippen molar-refractivity contribution in [1.29, 1.82) is 0 Å². The first-order valence-corrected chi connectivity index (χ1v) is 19.9. The lowest BCUT2D eigenvalue weighted by atomic mass is 9.98. The molecule has 0 aliphatic carbocycles. The highest BCUT2D eigenvalue weighted by atomic mass is 31.2. The summed E-state index contributed by atoms with van der Waals surface area (Å²) < 4.78 is 30.7. The van der Waals surface area contributed by atoms with E-state index in [1.54, 1.807) is 104 Å². The number of carbonyl (C=O) groups is 4. The third-order valence-corrected chi connectivity index (χ3v) is 10.5. The second kappa shape index (κ2) is 22.1. The minimum absolute atomic E-state index is 0.00850. The molecule has 0 radical (unpaired) electrons. The summed E-state index contributed by atoms with van der Waals surface area (Å²) in [5, 5.41) is 7.66. The summed E-state index contributed by atoms with van der Waals surface area (Å²) in [5.41, 5.74) is 3.08. The highest BCUT2D eigenvalue weighted by Crippen LogP contribution is 2.49. The molecule has 14 heteroatoms. The highest BCUT2D eigenvalue weighted by Gasteiger charge is 2.41. The van der Waals surface area contributed by atoms with Gasteiger partial charge in [0.15, 0.2) is 6.10 Å². The van der Waals surface area contributed by atoms with Gasteiger partial charge in [0.1, 0.15) is 25.0 Å². The van der Waals surface area contributed by atoms with Gasteiger partial charge >= 0.3 is 19.7 Å². The Morgan fingerprint density at radius 1 is 0.764 bits per heavy atom. The van der Waals surface area contributed by atoms with E-state index in [2.05, 4.69) is 20.9 Å². The van der Waals surface area contributed by atoms with Crippen LogP contribution in [-0.2, 0) is 58.8 Å². The van der Waals surface area contributed by atoms with Gasteiger partial charge in [0.05, 0.1) is 6.61 Å². The number of hydrogen-bond donors (Lipinski definition) is 4. The Bertz CT molecular complexity index is 1840. The second-order valence-corrected chi connectivity index (χ2v) is 15.0. The van der Waals surface area contributed by atoms with Gasteiger partial charge < -0.3 is 30.3 Å². The van der Waals surface area contributed by atoms with Crippen molar-refractivity contribution in [3.05, 3.63) is 138 Å². The van der Waals surface area contributed by atoms with Gasteiger partial charge in [-0.25, -0.2) is 9.59 Å². The van der Waals surface area contributed by atoms with E-state index in [1.165, 1.54) is 0 Å². The van der Waals surface area contributed by atoms with Crippen LogP contribution in [0.3, 0.4) is 0 Å². The SMILES string of the molecule is CC[C@H](C)[C@H](NC(=O)CNC(=O)OCc1ccccc1)C(=O)N[C@@H](Cc1ccccc1)P(=O)(O)O[C@@H](Cc1ccccc1)C(=O)OCCCc1ccncc1. The Kier molecular flexibility index (Phi) is 17.0. The zero-order valence-corrected chi connectivity index (χ0v) is 31.9. The van der Waals surface area contributed by atoms with Crippen LogP contribution >= 0.6 is 7.60 Å². The van der Waals surface area contributed by atoms with E-state index >= 15 is 0 Å². The first kappa shape index (κ1) is 42.4. The molecule has 0 fully saturated rings. The molecule has 1 aromatic heterocycles. The smallest absolute Gasteiger partial charge is 0.407 e. The maximum Gasteiger partial charge on any atom is 0.407 e. The maximum atomic E-state index is 14.3. The van der Waals surface area contributed by atoms with Gasteiger partial charge in [0, 0.05) is 25.2 Å². The number of carbonyl (C=O) groups excluding carboxylic acids is 4. The molecule has 13 nitrogen and oxygen atoms in total. The van der Waals surface area contributed by atoms with Gasteiger partial charge in [0.2, 0.25) is 11.8 Å². The lowest BCUT2D eigenvalue weighted by Gasteiger charge is -2.30. The molecule has 4 rings (SSSR count). The quantitative estimate of drug-likeness (QED) is 0.0479. The lowest BCUT2D eigenvalue weighted by Crippen LogP contribution is -2.54. The van der Waals surface area contributed by atoms with Crippen LogP contribution in [-0.4, -0.2) is 64.8 Å². The summed E-state index contributed by atoms with van der Waals surface area (Å²) in [6, 6.07) is 29.2. The maximum absolute atomic E-state index is 14.3. The summed E-state index contributed by atoms with van der Waals surface area (Å²) in [4.78, 5) is 68.2. The molecule has 0 aliphatic heterocycles. The molecule has 292 valence electrons. The summed E-state index contributed by atoms with van der Waals surface area (Å²) in [6.45, 7) is 3.15. The van der Waals surface area contributed by atoms with Crippen LogP contribution in [0, 0.1) is 5.92 Å². The number of benzene rings is 3. The third kappa shape index (κ3) is 14.8. The van der Waals surface area contributed by atoms with Crippen molar-refractivity contribution in [2.24, 2.45) is 5.92 Å².